The molecule has 0 saturated carbocycles. The van der Waals surface area contributed by atoms with E-state index in [1.807, 2.05) is 24.3 Å². The van der Waals surface area contributed by atoms with E-state index in [1.165, 1.54) is 5.56 Å². The molecule has 1 aromatic carbocycles. The molecule has 108 valence electrons. The van der Waals surface area contributed by atoms with E-state index < -0.39 is 10.0 Å². The Kier molecular flexibility index (Phi) is 4.36. The van der Waals surface area contributed by atoms with Gasteiger partial charge in [-0.05, 0) is 17.0 Å². The number of benzene rings is 1. The number of rotatable bonds is 5. The molecule has 0 radical (unpaired) electrons. The Balaban J connectivity index is 2.04. The van der Waals surface area contributed by atoms with E-state index in [1.54, 1.807) is 0 Å². The molecule has 0 spiro atoms. The Labute approximate surface area is 122 Å². The highest BCUT2D eigenvalue weighted by molar-refractivity contribution is 7.91. The number of nitrogens with two attached hydrogens (primary N) is 1. The molecule has 20 heavy (non-hydrogen) atoms. The average molecular weight is 312 g/mol. The van der Waals surface area contributed by atoms with Gasteiger partial charge in [0.2, 0.25) is 9.47 Å². The second-order valence-corrected chi connectivity index (χ2v) is 7.58. The number of hydrogen-bond acceptors (Lipinski definition) is 6. The SMILES string of the molecule is CC(C)c1ccc(CNS(=O)(=O)c2nnc(N)s2)cc1. The molecule has 8 heteroatoms. The van der Waals surface area contributed by atoms with Gasteiger partial charge in [0, 0.05) is 6.54 Å². The van der Waals surface area contributed by atoms with Crippen LogP contribution in [0.3, 0.4) is 0 Å². The van der Waals surface area contributed by atoms with E-state index in [-0.39, 0.29) is 16.0 Å². The summed E-state index contributed by atoms with van der Waals surface area (Å²) < 4.78 is 26.2. The molecule has 0 aliphatic carbocycles. The quantitative estimate of drug-likeness (QED) is 0.876. The van der Waals surface area contributed by atoms with E-state index in [2.05, 4.69) is 28.8 Å². The van der Waals surface area contributed by atoms with Crippen molar-refractivity contribution in [3.05, 3.63) is 35.4 Å². The minimum atomic E-state index is -3.65. The lowest BCUT2D eigenvalue weighted by Gasteiger charge is -2.07. The van der Waals surface area contributed by atoms with Gasteiger partial charge in [0.15, 0.2) is 0 Å². The third-order valence-corrected chi connectivity index (χ3v) is 5.29. The maximum absolute atomic E-state index is 11.9. The summed E-state index contributed by atoms with van der Waals surface area (Å²) in [7, 11) is -3.65. The van der Waals surface area contributed by atoms with Gasteiger partial charge in [-0.15, -0.1) is 10.2 Å². The molecule has 1 heterocycles. The molecule has 2 rings (SSSR count). The van der Waals surface area contributed by atoms with Crippen LogP contribution >= 0.6 is 11.3 Å². The third kappa shape index (κ3) is 3.53. The molecule has 1 aromatic heterocycles. The molecular formula is C12H16N4O2S2. The van der Waals surface area contributed by atoms with Crippen molar-refractivity contribution in [3.8, 4) is 0 Å². The summed E-state index contributed by atoms with van der Waals surface area (Å²) in [5.74, 6) is 0.449. The first kappa shape index (κ1) is 14.9. The van der Waals surface area contributed by atoms with Crippen LogP contribution in [0.4, 0.5) is 5.13 Å². The predicted molar refractivity (Wildman–Crippen MR) is 78.9 cm³/mol. The van der Waals surface area contributed by atoms with Crippen molar-refractivity contribution in [3.63, 3.8) is 0 Å². The number of nitrogens with one attached hydrogen (secondary N) is 1. The first-order chi connectivity index (χ1) is 9.38. The van der Waals surface area contributed by atoms with Crippen LogP contribution in [0, 0.1) is 0 Å². The van der Waals surface area contributed by atoms with E-state index in [4.69, 9.17) is 5.73 Å². The lowest BCUT2D eigenvalue weighted by molar-refractivity contribution is 0.579. The van der Waals surface area contributed by atoms with E-state index in [0.717, 1.165) is 16.9 Å². The molecule has 0 bridgehead atoms. The van der Waals surface area contributed by atoms with Crippen LogP contribution in [0.1, 0.15) is 30.9 Å². The van der Waals surface area contributed by atoms with Crippen molar-refractivity contribution in [2.24, 2.45) is 0 Å². The zero-order valence-corrected chi connectivity index (χ0v) is 12.8. The first-order valence-corrected chi connectivity index (χ1v) is 8.36. The Bertz CT molecular complexity index is 678. The van der Waals surface area contributed by atoms with Crippen LogP contribution in [-0.4, -0.2) is 18.6 Å². The zero-order chi connectivity index (χ0) is 14.8. The van der Waals surface area contributed by atoms with Gasteiger partial charge in [-0.3, -0.25) is 0 Å². The molecule has 2 aromatic rings. The monoisotopic (exact) mass is 312 g/mol. The summed E-state index contributed by atoms with van der Waals surface area (Å²) >= 11 is 0.841. The van der Waals surface area contributed by atoms with Gasteiger partial charge in [-0.1, -0.05) is 49.4 Å². The fourth-order valence-corrected chi connectivity index (χ4v) is 3.43. The fourth-order valence-electron chi connectivity index (χ4n) is 1.59. The van der Waals surface area contributed by atoms with Crippen molar-refractivity contribution in [2.75, 3.05) is 5.73 Å². The highest BCUT2D eigenvalue weighted by atomic mass is 32.2. The Hall–Kier alpha value is -1.51. The lowest BCUT2D eigenvalue weighted by Crippen LogP contribution is -2.23. The summed E-state index contributed by atoms with van der Waals surface area (Å²) in [4.78, 5) is 0. The number of hydrogen-bond donors (Lipinski definition) is 2. The van der Waals surface area contributed by atoms with Crippen LogP contribution in [0.15, 0.2) is 28.6 Å². The van der Waals surface area contributed by atoms with Crippen LogP contribution in [0.2, 0.25) is 0 Å². The van der Waals surface area contributed by atoms with Crippen LogP contribution in [-0.2, 0) is 16.6 Å². The van der Waals surface area contributed by atoms with E-state index in [0.29, 0.717) is 5.92 Å². The molecule has 3 N–H and O–H groups in total. The third-order valence-electron chi connectivity index (χ3n) is 2.76. The standard InChI is InChI=1S/C12H16N4O2S2/c1-8(2)10-5-3-9(4-6-10)7-14-20(17,18)12-16-15-11(13)19-12/h3-6,8,14H,7H2,1-2H3,(H2,13,15). The number of sulfonamides is 1. The molecule has 0 unspecified atom stereocenters. The number of nitrogens with zero attached hydrogens (tertiary/aromatic N) is 2. The largest absolute Gasteiger partial charge is 0.374 e. The molecular weight excluding hydrogens is 296 g/mol. The van der Waals surface area contributed by atoms with Crippen LogP contribution in [0.5, 0.6) is 0 Å². The Morgan fingerprint density at radius 2 is 1.90 bits per heavy atom. The van der Waals surface area contributed by atoms with Gasteiger partial charge >= 0.3 is 0 Å². The predicted octanol–water partition coefficient (Wildman–Crippen LogP) is 1.72. The van der Waals surface area contributed by atoms with Crippen molar-refractivity contribution in [1.29, 1.82) is 0 Å². The van der Waals surface area contributed by atoms with Gasteiger partial charge in [-0.2, -0.15) is 0 Å². The normalized spacial score (nSPS) is 11.9. The van der Waals surface area contributed by atoms with Gasteiger partial charge < -0.3 is 5.73 Å². The van der Waals surface area contributed by atoms with Gasteiger partial charge in [0.05, 0.1) is 0 Å². The highest BCUT2D eigenvalue weighted by Crippen LogP contribution is 2.18. The second-order valence-electron chi connectivity index (χ2n) is 4.63. The number of nitrogen functional groups attached to an aromatic ring is 1. The molecule has 6 nitrogen and oxygen atoms in total. The molecule has 0 amide bonds. The molecule has 0 fully saturated rings. The molecule has 0 atom stereocenters. The molecule has 0 aliphatic rings. The smallest absolute Gasteiger partial charge is 0.270 e. The van der Waals surface area contributed by atoms with Gasteiger partial charge in [-0.25, -0.2) is 13.1 Å². The minimum absolute atomic E-state index is 0.117. The summed E-state index contributed by atoms with van der Waals surface area (Å²) in [6, 6.07) is 7.81. The summed E-state index contributed by atoms with van der Waals surface area (Å²) in [5.41, 5.74) is 7.48. The fraction of sp³-hybridized carbons (Fsp3) is 0.333. The number of aromatic nitrogens is 2. The summed E-state index contributed by atoms with van der Waals surface area (Å²) in [6.07, 6.45) is 0. The van der Waals surface area contributed by atoms with Crippen molar-refractivity contribution < 1.29 is 8.42 Å². The Morgan fingerprint density at radius 1 is 1.25 bits per heavy atom. The zero-order valence-electron chi connectivity index (χ0n) is 11.2. The topological polar surface area (TPSA) is 98.0 Å². The maximum Gasteiger partial charge on any atom is 0.270 e. The lowest BCUT2D eigenvalue weighted by atomic mass is 10.0. The minimum Gasteiger partial charge on any atom is -0.374 e. The summed E-state index contributed by atoms with van der Waals surface area (Å²) in [5, 5.41) is 7.16. The highest BCUT2D eigenvalue weighted by Gasteiger charge is 2.19. The molecule has 0 aliphatic heterocycles. The van der Waals surface area contributed by atoms with Crippen LogP contribution in [0.25, 0.3) is 0 Å². The summed E-state index contributed by atoms with van der Waals surface area (Å²) in [6.45, 7) is 4.43. The molecule has 0 saturated heterocycles. The second kappa shape index (κ2) is 5.86. The van der Waals surface area contributed by atoms with Crippen molar-refractivity contribution in [1.82, 2.24) is 14.9 Å². The number of anilines is 1. The first-order valence-electron chi connectivity index (χ1n) is 6.06. The van der Waals surface area contributed by atoms with Gasteiger partial charge in [0.1, 0.15) is 0 Å². The van der Waals surface area contributed by atoms with E-state index >= 15 is 0 Å². The van der Waals surface area contributed by atoms with Crippen LogP contribution < -0.4 is 10.5 Å². The van der Waals surface area contributed by atoms with Crippen molar-refractivity contribution >= 4 is 26.5 Å². The van der Waals surface area contributed by atoms with Gasteiger partial charge in [0.25, 0.3) is 10.0 Å². The average Bonchev–Trinajstić information content (AvgIpc) is 2.84. The van der Waals surface area contributed by atoms with E-state index in [9.17, 15) is 8.42 Å². The maximum atomic E-state index is 11.9. The Morgan fingerprint density at radius 3 is 2.40 bits per heavy atom. The van der Waals surface area contributed by atoms with Crippen molar-refractivity contribution in [2.45, 2.75) is 30.6 Å².